The number of carbonyl (C=O) groups excluding carboxylic acids is 1. The first-order chi connectivity index (χ1) is 12.5. The van der Waals surface area contributed by atoms with Crippen molar-refractivity contribution in [2.45, 2.75) is 25.2 Å². The van der Waals surface area contributed by atoms with Gasteiger partial charge in [0.15, 0.2) is 11.5 Å². The van der Waals surface area contributed by atoms with E-state index in [0.29, 0.717) is 23.5 Å². The van der Waals surface area contributed by atoms with Gasteiger partial charge in [-0.15, -0.1) is 0 Å². The summed E-state index contributed by atoms with van der Waals surface area (Å²) in [6.45, 7) is 2.02. The topological polar surface area (TPSA) is 84.9 Å². The van der Waals surface area contributed by atoms with Crippen LogP contribution in [0.3, 0.4) is 0 Å². The Hall–Kier alpha value is -3.02. The molecule has 2 N–H and O–H groups in total. The Bertz CT molecular complexity index is 805. The monoisotopic (exact) mass is 355 g/mol. The van der Waals surface area contributed by atoms with E-state index in [-0.39, 0.29) is 25.7 Å². The number of carbonyl (C=O) groups is 2. The molecule has 1 aliphatic rings. The zero-order valence-electron chi connectivity index (χ0n) is 14.5. The minimum absolute atomic E-state index is 0.0340. The molecule has 0 spiro atoms. The zero-order chi connectivity index (χ0) is 18.6. The van der Waals surface area contributed by atoms with Gasteiger partial charge in [0.2, 0.25) is 12.7 Å². The van der Waals surface area contributed by atoms with Crippen molar-refractivity contribution in [1.82, 2.24) is 5.32 Å². The third-order valence-electron chi connectivity index (χ3n) is 4.73. The first-order valence-corrected chi connectivity index (χ1v) is 8.49. The summed E-state index contributed by atoms with van der Waals surface area (Å²) in [4.78, 5) is 24.3. The summed E-state index contributed by atoms with van der Waals surface area (Å²) in [6.07, 6.45) is 0.515. The quantitative estimate of drug-likeness (QED) is 0.797. The van der Waals surface area contributed by atoms with Gasteiger partial charge in [0.05, 0.1) is 6.42 Å². The number of benzene rings is 2. The van der Waals surface area contributed by atoms with Crippen molar-refractivity contribution < 1.29 is 24.2 Å². The maximum Gasteiger partial charge on any atom is 0.315 e. The predicted octanol–water partition coefficient (Wildman–Crippen LogP) is 2.51. The lowest BCUT2D eigenvalue weighted by Gasteiger charge is -2.29. The number of ether oxygens (including phenoxy) is 2. The summed E-state index contributed by atoms with van der Waals surface area (Å²) in [6, 6.07) is 14.3. The highest BCUT2D eigenvalue weighted by atomic mass is 16.7. The average Bonchev–Trinajstić information content (AvgIpc) is 3.11. The van der Waals surface area contributed by atoms with Crippen LogP contribution in [0.2, 0.25) is 0 Å². The van der Waals surface area contributed by atoms with Gasteiger partial charge in [0.25, 0.3) is 0 Å². The molecule has 1 heterocycles. The van der Waals surface area contributed by atoms with Crippen LogP contribution in [-0.4, -0.2) is 30.3 Å². The fourth-order valence-electron chi connectivity index (χ4n) is 3.09. The van der Waals surface area contributed by atoms with Crippen molar-refractivity contribution in [3.05, 3.63) is 59.7 Å². The van der Waals surface area contributed by atoms with E-state index in [2.05, 4.69) is 5.32 Å². The molecule has 0 aliphatic carbocycles. The summed E-state index contributed by atoms with van der Waals surface area (Å²) in [5.41, 5.74) is 0.313. The number of rotatable bonds is 7. The number of hydrogen-bond donors (Lipinski definition) is 2. The van der Waals surface area contributed by atoms with Crippen LogP contribution in [0.1, 0.15) is 24.5 Å². The molecule has 3 rings (SSSR count). The zero-order valence-corrected chi connectivity index (χ0v) is 14.5. The summed E-state index contributed by atoms with van der Waals surface area (Å²) >= 11 is 0. The van der Waals surface area contributed by atoms with Crippen molar-refractivity contribution in [3.8, 4) is 11.5 Å². The van der Waals surface area contributed by atoms with Gasteiger partial charge in [-0.2, -0.15) is 0 Å². The molecule has 0 bridgehead atoms. The number of aliphatic carboxylic acids is 1. The van der Waals surface area contributed by atoms with E-state index in [1.165, 1.54) is 0 Å². The minimum atomic E-state index is -1.15. The maximum atomic E-state index is 12.4. The number of carboxylic acid groups (broad SMARTS) is 1. The lowest BCUT2D eigenvalue weighted by Crippen LogP contribution is -2.46. The smallest absolute Gasteiger partial charge is 0.315 e. The summed E-state index contributed by atoms with van der Waals surface area (Å²) in [5, 5.41) is 12.6. The highest BCUT2D eigenvalue weighted by Crippen LogP contribution is 2.32. The molecule has 6 nitrogen and oxygen atoms in total. The number of nitrogens with one attached hydrogen (secondary N) is 1. The fraction of sp³-hybridized carbons (Fsp3) is 0.300. The largest absolute Gasteiger partial charge is 0.481 e. The molecular weight excluding hydrogens is 334 g/mol. The van der Waals surface area contributed by atoms with Gasteiger partial charge >= 0.3 is 5.97 Å². The van der Waals surface area contributed by atoms with E-state index in [0.717, 1.165) is 5.56 Å². The van der Waals surface area contributed by atoms with E-state index < -0.39 is 11.4 Å². The second-order valence-electron chi connectivity index (χ2n) is 6.25. The SMILES string of the molecule is CCC(CNC(=O)Cc1ccc2c(c1)OCO2)(C(=O)O)c1ccccc1. The van der Waals surface area contributed by atoms with Crippen molar-refractivity contribution >= 4 is 11.9 Å². The van der Waals surface area contributed by atoms with Crippen LogP contribution >= 0.6 is 0 Å². The Morgan fingerprint density at radius 3 is 2.54 bits per heavy atom. The molecule has 136 valence electrons. The Labute approximate surface area is 151 Å². The van der Waals surface area contributed by atoms with Crippen molar-refractivity contribution in [2.75, 3.05) is 13.3 Å². The minimum Gasteiger partial charge on any atom is -0.481 e. The molecule has 1 unspecified atom stereocenters. The fourth-order valence-corrected chi connectivity index (χ4v) is 3.09. The molecule has 26 heavy (non-hydrogen) atoms. The second-order valence-corrected chi connectivity index (χ2v) is 6.25. The van der Waals surface area contributed by atoms with Crippen LogP contribution in [0, 0.1) is 0 Å². The Morgan fingerprint density at radius 1 is 1.12 bits per heavy atom. The van der Waals surface area contributed by atoms with E-state index in [9.17, 15) is 14.7 Å². The molecule has 1 amide bonds. The Kier molecular flexibility index (Phi) is 5.11. The molecule has 6 heteroatoms. The summed E-state index contributed by atoms with van der Waals surface area (Å²) < 4.78 is 10.6. The molecule has 0 saturated carbocycles. The standard InChI is InChI=1S/C20H21NO5/c1-2-20(19(23)24,15-6-4-3-5-7-15)12-21-18(22)11-14-8-9-16-17(10-14)26-13-25-16/h3-10H,2,11-13H2,1H3,(H,21,22)(H,23,24). The molecule has 1 atom stereocenters. The highest BCUT2D eigenvalue weighted by molar-refractivity contribution is 5.84. The van der Waals surface area contributed by atoms with Gasteiger partial charge in [0.1, 0.15) is 5.41 Å². The van der Waals surface area contributed by atoms with Gasteiger partial charge in [-0.25, -0.2) is 0 Å². The van der Waals surface area contributed by atoms with Gasteiger partial charge in [-0.1, -0.05) is 43.3 Å². The maximum absolute atomic E-state index is 12.4. The summed E-state index contributed by atoms with van der Waals surface area (Å²) in [7, 11) is 0. The second kappa shape index (κ2) is 7.47. The molecule has 0 aromatic heterocycles. The first-order valence-electron chi connectivity index (χ1n) is 8.49. The normalized spacial score (nSPS) is 14.5. The van der Waals surface area contributed by atoms with E-state index >= 15 is 0 Å². The lowest BCUT2D eigenvalue weighted by atomic mass is 9.78. The molecule has 2 aromatic carbocycles. The van der Waals surface area contributed by atoms with E-state index in [1.807, 2.05) is 13.0 Å². The molecule has 0 fully saturated rings. The van der Waals surface area contributed by atoms with Crippen LogP contribution in [0.25, 0.3) is 0 Å². The van der Waals surface area contributed by atoms with Crippen LogP contribution in [0.4, 0.5) is 0 Å². The molecule has 1 aliphatic heterocycles. The Balaban J connectivity index is 1.69. The van der Waals surface area contributed by atoms with Crippen molar-refractivity contribution in [1.29, 1.82) is 0 Å². The number of fused-ring (bicyclic) bond motifs is 1. The highest BCUT2D eigenvalue weighted by Gasteiger charge is 2.38. The first kappa shape index (κ1) is 17.8. The van der Waals surface area contributed by atoms with Gasteiger partial charge < -0.3 is 19.9 Å². The van der Waals surface area contributed by atoms with Crippen LogP contribution < -0.4 is 14.8 Å². The van der Waals surface area contributed by atoms with Gasteiger partial charge in [-0.05, 0) is 29.7 Å². The molecule has 0 saturated heterocycles. The summed E-state index contributed by atoms with van der Waals surface area (Å²) in [5.74, 6) is 0.0931. The van der Waals surface area contributed by atoms with E-state index in [1.54, 1.807) is 42.5 Å². The lowest BCUT2D eigenvalue weighted by molar-refractivity contribution is -0.144. The van der Waals surface area contributed by atoms with Crippen LogP contribution in [0.15, 0.2) is 48.5 Å². The molecular formula is C20H21NO5. The van der Waals surface area contributed by atoms with Crippen molar-refractivity contribution in [3.63, 3.8) is 0 Å². The predicted molar refractivity (Wildman–Crippen MR) is 95.3 cm³/mol. The third-order valence-corrected chi connectivity index (χ3v) is 4.73. The van der Waals surface area contributed by atoms with Gasteiger partial charge in [0, 0.05) is 6.54 Å². The Morgan fingerprint density at radius 2 is 1.85 bits per heavy atom. The average molecular weight is 355 g/mol. The van der Waals surface area contributed by atoms with Gasteiger partial charge in [-0.3, -0.25) is 9.59 Å². The van der Waals surface area contributed by atoms with E-state index in [4.69, 9.17) is 9.47 Å². The molecule has 0 radical (unpaired) electrons. The number of carboxylic acids is 1. The number of amides is 1. The van der Waals surface area contributed by atoms with Crippen LogP contribution in [0.5, 0.6) is 11.5 Å². The molecule has 2 aromatic rings. The van der Waals surface area contributed by atoms with Crippen LogP contribution in [-0.2, 0) is 21.4 Å². The number of hydrogen-bond acceptors (Lipinski definition) is 4. The van der Waals surface area contributed by atoms with Crippen molar-refractivity contribution in [2.24, 2.45) is 0 Å². The third kappa shape index (κ3) is 3.49.